The first-order chi connectivity index (χ1) is 19.0. The third-order valence-corrected chi connectivity index (χ3v) is 6.13. The van der Waals surface area contributed by atoms with Crippen LogP contribution in [0.15, 0.2) is 96.0 Å². The van der Waals surface area contributed by atoms with Crippen molar-refractivity contribution < 1.29 is 38.2 Å². The Labute approximate surface area is 224 Å². The monoisotopic (exact) mass is 530 g/mol. The number of nitrogens with zero attached hydrogens (tertiary/aromatic N) is 1. The fourth-order valence-electron chi connectivity index (χ4n) is 4.23. The third kappa shape index (κ3) is 6.14. The minimum atomic E-state index is -1.14. The lowest BCUT2D eigenvalue weighted by atomic mass is 10.1. The van der Waals surface area contributed by atoms with Crippen LogP contribution < -0.4 is 5.48 Å². The van der Waals surface area contributed by atoms with Crippen molar-refractivity contribution in [2.45, 2.75) is 37.6 Å². The molecule has 2 aliphatic rings. The lowest BCUT2D eigenvalue weighted by Gasteiger charge is -2.24. The Kier molecular flexibility index (Phi) is 7.95. The summed E-state index contributed by atoms with van der Waals surface area (Å²) in [5, 5.41) is 0. The molecule has 10 heteroatoms. The minimum absolute atomic E-state index is 0.256. The molecule has 0 aromatic heterocycles. The fourth-order valence-corrected chi connectivity index (χ4v) is 4.23. The highest BCUT2D eigenvalue weighted by atomic mass is 16.7. The van der Waals surface area contributed by atoms with Gasteiger partial charge in [-0.3, -0.25) is 0 Å². The van der Waals surface area contributed by atoms with Gasteiger partial charge in [0.1, 0.15) is 12.7 Å². The van der Waals surface area contributed by atoms with Gasteiger partial charge in [0.25, 0.3) is 0 Å². The summed E-state index contributed by atoms with van der Waals surface area (Å²) in [7, 11) is 0. The topological polar surface area (TPSA) is 122 Å². The molecule has 39 heavy (non-hydrogen) atoms. The maximum Gasteiger partial charge on any atom is 0.338 e. The minimum Gasteiger partial charge on any atom is -0.459 e. The number of hydrogen-bond acceptors (Lipinski definition) is 10. The van der Waals surface area contributed by atoms with E-state index in [1.54, 1.807) is 97.9 Å². The van der Waals surface area contributed by atoms with E-state index in [2.05, 4.69) is 10.5 Å². The van der Waals surface area contributed by atoms with Crippen LogP contribution >= 0.6 is 0 Å². The summed E-state index contributed by atoms with van der Waals surface area (Å²) in [6.07, 6.45) is -4.76. The number of aliphatic imine (C=N–C) groups is 1. The Bertz CT molecular complexity index is 1330. The summed E-state index contributed by atoms with van der Waals surface area (Å²) in [5.74, 6) is -1.63. The van der Waals surface area contributed by atoms with Crippen molar-refractivity contribution >= 4 is 23.7 Å². The molecule has 200 valence electrons. The molecule has 5 rings (SSSR count). The van der Waals surface area contributed by atoms with Gasteiger partial charge in [0, 0.05) is 0 Å². The average molecular weight is 531 g/mol. The number of amidine groups is 1. The van der Waals surface area contributed by atoms with Gasteiger partial charge in [-0.05, 0) is 43.3 Å². The molecule has 5 atom stereocenters. The summed E-state index contributed by atoms with van der Waals surface area (Å²) in [6, 6.07) is 25.2. The Morgan fingerprint density at radius 1 is 0.744 bits per heavy atom. The quantitative estimate of drug-likeness (QED) is 0.345. The highest BCUT2D eigenvalue weighted by Crippen LogP contribution is 2.31. The number of benzene rings is 3. The van der Waals surface area contributed by atoms with Gasteiger partial charge in [0.05, 0.1) is 16.7 Å². The van der Waals surface area contributed by atoms with E-state index < -0.39 is 48.6 Å². The van der Waals surface area contributed by atoms with E-state index in [4.69, 9.17) is 23.8 Å². The average Bonchev–Trinajstić information content (AvgIpc) is 3.56. The Hall–Kier alpha value is -4.54. The molecule has 2 heterocycles. The SMILES string of the molecule is CC1N=C([C@@H]2O[C@H](COC(=O)c3ccccc3)[C@@H](OC(=O)c3ccccc3)[C@H]2OC(=O)c2ccccc2)NO1. The zero-order valence-electron chi connectivity index (χ0n) is 21.0. The molecule has 0 saturated carbocycles. The van der Waals surface area contributed by atoms with Crippen LogP contribution in [-0.4, -0.2) is 61.0 Å². The van der Waals surface area contributed by atoms with Crippen LogP contribution in [0.1, 0.15) is 38.0 Å². The first kappa shape index (κ1) is 26.1. The van der Waals surface area contributed by atoms with E-state index in [9.17, 15) is 14.4 Å². The van der Waals surface area contributed by atoms with Crippen LogP contribution in [0, 0.1) is 0 Å². The summed E-state index contributed by atoms with van der Waals surface area (Å²) < 4.78 is 23.4. The Morgan fingerprint density at radius 2 is 1.23 bits per heavy atom. The van der Waals surface area contributed by atoms with E-state index in [0.29, 0.717) is 16.7 Å². The summed E-state index contributed by atoms with van der Waals surface area (Å²) in [6.45, 7) is 1.44. The molecule has 3 aromatic rings. The molecule has 0 radical (unpaired) electrons. The predicted octanol–water partition coefficient (Wildman–Crippen LogP) is 3.34. The molecule has 10 nitrogen and oxygen atoms in total. The number of ether oxygens (including phenoxy) is 4. The molecular weight excluding hydrogens is 504 g/mol. The van der Waals surface area contributed by atoms with Crippen LogP contribution in [0.4, 0.5) is 0 Å². The summed E-state index contributed by atoms with van der Waals surface area (Å²) in [5.41, 5.74) is 3.64. The van der Waals surface area contributed by atoms with Crippen molar-refractivity contribution in [1.82, 2.24) is 5.48 Å². The lowest BCUT2D eigenvalue weighted by Crippen LogP contribution is -2.45. The summed E-state index contributed by atoms with van der Waals surface area (Å²) in [4.78, 5) is 48.5. The maximum absolute atomic E-state index is 13.1. The van der Waals surface area contributed by atoms with Crippen molar-refractivity contribution in [1.29, 1.82) is 0 Å². The van der Waals surface area contributed by atoms with Gasteiger partial charge in [0.2, 0.25) is 0 Å². The normalized spacial score (nSPS) is 23.8. The Balaban J connectivity index is 1.43. The van der Waals surface area contributed by atoms with E-state index in [-0.39, 0.29) is 12.4 Å². The van der Waals surface area contributed by atoms with E-state index >= 15 is 0 Å². The number of hydrogen-bond donors (Lipinski definition) is 1. The molecule has 1 N–H and O–H groups in total. The van der Waals surface area contributed by atoms with Gasteiger partial charge >= 0.3 is 17.9 Å². The van der Waals surface area contributed by atoms with E-state index in [1.807, 2.05) is 0 Å². The zero-order valence-corrected chi connectivity index (χ0v) is 21.0. The molecule has 0 spiro atoms. The molecule has 0 amide bonds. The van der Waals surface area contributed by atoms with Gasteiger partial charge in [-0.2, -0.15) is 0 Å². The van der Waals surface area contributed by atoms with E-state index in [1.165, 1.54) is 0 Å². The van der Waals surface area contributed by atoms with Crippen molar-refractivity contribution in [3.05, 3.63) is 108 Å². The van der Waals surface area contributed by atoms with Gasteiger partial charge in [-0.25, -0.2) is 29.7 Å². The highest BCUT2D eigenvalue weighted by Gasteiger charge is 2.53. The smallest absolute Gasteiger partial charge is 0.338 e. The number of hydroxylamine groups is 1. The molecule has 0 bridgehead atoms. The van der Waals surface area contributed by atoms with Gasteiger partial charge in [0.15, 0.2) is 30.4 Å². The lowest BCUT2D eigenvalue weighted by molar-refractivity contribution is -0.0437. The molecular formula is C29H26N2O8. The molecule has 1 fully saturated rings. The second kappa shape index (κ2) is 11.9. The molecule has 3 aromatic carbocycles. The fraction of sp³-hybridized carbons (Fsp3) is 0.241. The van der Waals surface area contributed by atoms with Crippen molar-refractivity contribution in [3.63, 3.8) is 0 Å². The first-order valence-corrected chi connectivity index (χ1v) is 12.4. The molecule has 2 aliphatic heterocycles. The number of esters is 3. The van der Waals surface area contributed by atoms with Gasteiger partial charge in [-0.15, -0.1) is 0 Å². The number of carbonyl (C=O) groups is 3. The standard InChI is InChI=1S/C29H26N2O8/c1-18-30-26(31-39-18)25-24(38-29(34)21-15-9-4-10-16-21)23(37-28(33)20-13-7-3-8-14-20)22(36-25)17-35-27(32)19-11-5-2-6-12-19/h2-16,18,22-25H,17H2,1H3,(H,30,31)/t18?,22-,23-,24-,25-/m1/s1. The van der Waals surface area contributed by atoms with Crippen LogP contribution in [0.3, 0.4) is 0 Å². The van der Waals surface area contributed by atoms with Crippen molar-refractivity contribution in [2.75, 3.05) is 6.61 Å². The second-order valence-electron chi connectivity index (χ2n) is 8.87. The van der Waals surface area contributed by atoms with Crippen LogP contribution in [0.5, 0.6) is 0 Å². The number of rotatable bonds is 8. The predicted molar refractivity (Wildman–Crippen MR) is 138 cm³/mol. The Morgan fingerprint density at radius 3 is 1.72 bits per heavy atom. The second-order valence-corrected chi connectivity index (χ2v) is 8.87. The highest BCUT2D eigenvalue weighted by molar-refractivity contribution is 5.92. The largest absolute Gasteiger partial charge is 0.459 e. The number of carbonyl (C=O) groups excluding carboxylic acids is 3. The van der Waals surface area contributed by atoms with Crippen LogP contribution in [0.2, 0.25) is 0 Å². The summed E-state index contributed by atoms with van der Waals surface area (Å²) >= 11 is 0. The zero-order chi connectivity index (χ0) is 27.2. The number of nitrogens with one attached hydrogen (secondary N) is 1. The maximum atomic E-state index is 13.1. The molecule has 1 saturated heterocycles. The van der Waals surface area contributed by atoms with Crippen molar-refractivity contribution in [2.24, 2.45) is 4.99 Å². The molecule has 0 aliphatic carbocycles. The van der Waals surface area contributed by atoms with Gasteiger partial charge < -0.3 is 18.9 Å². The first-order valence-electron chi connectivity index (χ1n) is 12.4. The van der Waals surface area contributed by atoms with Crippen LogP contribution in [0.25, 0.3) is 0 Å². The van der Waals surface area contributed by atoms with E-state index in [0.717, 1.165) is 0 Å². The van der Waals surface area contributed by atoms with Crippen LogP contribution in [-0.2, 0) is 23.8 Å². The third-order valence-electron chi connectivity index (χ3n) is 6.13. The van der Waals surface area contributed by atoms with Gasteiger partial charge in [-0.1, -0.05) is 54.6 Å². The van der Waals surface area contributed by atoms with Crippen molar-refractivity contribution in [3.8, 4) is 0 Å². The molecule has 1 unspecified atom stereocenters.